The summed E-state index contributed by atoms with van der Waals surface area (Å²) in [6.45, 7) is -3.05. The predicted octanol–water partition coefficient (Wildman–Crippen LogP) is 2.54. The maximum Gasteiger partial charge on any atom is 0.387 e. The molecule has 3 rings (SSSR count). The number of nitrogens with zero attached hydrogens (tertiary/aromatic N) is 3. The van der Waals surface area contributed by atoms with Crippen molar-refractivity contribution in [1.29, 1.82) is 0 Å². The van der Waals surface area contributed by atoms with E-state index < -0.39 is 18.1 Å². The smallest absolute Gasteiger partial charge is 0.387 e. The molecule has 6 nitrogen and oxygen atoms in total. The van der Waals surface area contributed by atoms with Crippen LogP contribution in [-0.2, 0) is 0 Å². The summed E-state index contributed by atoms with van der Waals surface area (Å²) in [6, 6.07) is 3.37. The first-order chi connectivity index (χ1) is 11.4. The topological polar surface area (TPSA) is 89.2 Å². The fraction of sp³-hybridized carbons (Fsp3) is 0.467. The van der Waals surface area contributed by atoms with Crippen LogP contribution in [0.25, 0.3) is 0 Å². The molecule has 0 amide bonds. The van der Waals surface area contributed by atoms with Gasteiger partial charge in [-0.15, -0.1) is 0 Å². The predicted molar refractivity (Wildman–Crippen MR) is 84.6 cm³/mol. The van der Waals surface area contributed by atoms with E-state index >= 15 is 0 Å². The lowest BCUT2D eigenvalue weighted by molar-refractivity contribution is -0.0499. The Morgan fingerprint density at radius 2 is 1.83 bits per heavy atom. The Hall–Kier alpha value is -2.45. The molecule has 0 bridgehead atoms. The molecule has 1 aliphatic carbocycles. The van der Waals surface area contributed by atoms with Gasteiger partial charge in [-0.2, -0.15) is 13.8 Å². The number of ether oxygens (including phenoxy) is 1. The van der Waals surface area contributed by atoms with Crippen molar-refractivity contribution in [3.8, 4) is 5.75 Å². The Kier molecular flexibility index (Phi) is 4.25. The second-order valence-corrected chi connectivity index (χ2v) is 5.84. The van der Waals surface area contributed by atoms with Crippen molar-refractivity contribution < 1.29 is 17.9 Å². The molecule has 0 atom stereocenters. The zero-order valence-electron chi connectivity index (χ0n) is 12.9. The summed E-state index contributed by atoms with van der Waals surface area (Å²) in [6.07, 6.45) is 4.16. The third-order valence-electron chi connectivity index (χ3n) is 4.19. The number of alkyl halides is 2. The Balaban J connectivity index is 2.05. The summed E-state index contributed by atoms with van der Waals surface area (Å²) in [5, 5.41) is 0. The summed E-state index contributed by atoms with van der Waals surface area (Å²) in [7, 11) is 0. The molecule has 0 unspecified atom stereocenters. The van der Waals surface area contributed by atoms with Gasteiger partial charge in [-0.1, -0.05) is 6.42 Å². The van der Waals surface area contributed by atoms with Crippen molar-refractivity contribution in [2.24, 2.45) is 21.5 Å². The molecule has 2 aliphatic rings. The van der Waals surface area contributed by atoms with Gasteiger partial charge >= 0.3 is 6.61 Å². The van der Waals surface area contributed by atoms with Crippen molar-refractivity contribution in [2.45, 2.75) is 44.4 Å². The van der Waals surface area contributed by atoms with Crippen LogP contribution in [0.3, 0.4) is 0 Å². The lowest BCUT2D eigenvalue weighted by Crippen LogP contribution is -2.58. The maximum absolute atomic E-state index is 13.9. The van der Waals surface area contributed by atoms with Gasteiger partial charge in [0.1, 0.15) is 17.2 Å². The van der Waals surface area contributed by atoms with Crippen LogP contribution in [0.4, 0.5) is 18.9 Å². The van der Waals surface area contributed by atoms with E-state index in [0.29, 0.717) is 12.8 Å². The van der Waals surface area contributed by atoms with Crippen LogP contribution in [-0.4, -0.2) is 24.2 Å². The largest absolute Gasteiger partial charge is 0.435 e. The summed E-state index contributed by atoms with van der Waals surface area (Å²) in [5.41, 5.74) is 11.2. The Morgan fingerprint density at radius 3 is 2.50 bits per heavy atom. The Bertz CT molecular complexity index is 686. The SMILES string of the molecule is NC1=NC2(CCCCC2)N(c2cc(F)cc(OC(F)F)c2)C(N)=N1. The third-order valence-corrected chi connectivity index (χ3v) is 4.19. The van der Waals surface area contributed by atoms with Crippen LogP contribution < -0.4 is 21.1 Å². The molecule has 1 spiro atoms. The van der Waals surface area contributed by atoms with Gasteiger partial charge in [0.15, 0.2) is 0 Å². The van der Waals surface area contributed by atoms with Gasteiger partial charge in [-0.05, 0) is 31.7 Å². The molecule has 9 heteroatoms. The number of guanidine groups is 2. The first kappa shape index (κ1) is 16.4. The molecule has 1 aromatic carbocycles. The molecule has 0 radical (unpaired) electrons. The molecule has 0 aromatic heterocycles. The summed E-state index contributed by atoms with van der Waals surface area (Å²) < 4.78 is 43.1. The van der Waals surface area contributed by atoms with E-state index in [1.807, 2.05) is 0 Å². The minimum Gasteiger partial charge on any atom is -0.435 e. The lowest BCUT2D eigenvalue weighted by atomic mass is 9.87. The Morgan fingerprint density at radius 1 is 1.12 bits per heavy atom. The van der Waals surface area contributed by atoms with Crippen molar-refractivity contribution >= 4 is 17.6 Å². The van der Waals surface area contributed by atoms with Gasteiger partial charge in [0.05, 0.1) is 5.69 Å². The first-order valence-corrected chi connectivity index (χ1v) is 7.65. The molecule has 0 saturated heterocycles. The van der Waals surface area contributed by atoms with Crippen molar-refractivity contribution in [3.05, 3.63) is 24.0 Å². The van der Waals surface area contributed by atoms with Crippen LogP contribution in [0, 0.1) is 5.82 Å². The summed E-state index contributed by atoms with van der Waals surface area (Å²) in [4.78, 5) is 9.95. The number of nitrogens with two attached hydrogens (primary N) is 2. The van der Waals surface area contributed by atoms with Gasteiger partial charge in [0.25, 0.3) is 0 Å². The van der Waals surface area contributed by atoms with E-state index in [1.54, 1.807) is 4.90 Å². The van der Waals surface area contributed by atoms with Gasteiger partial charge in [0, 0.05) is 12.1 Å². The van der Waals surface area contributed by atoms with Gasteiger partial charge in [0.2, 0.25) is 11.9 Å². The van der Waals surface area contributed by atoms with Crippen LogP contribution in [0.2, 0.25) is 0 Å². The molecule has 4 N–H and O–H groups in total. The number of rotatable bonds is 3. The first-order valence-electron chi connectivity index (χ1n) is 7.65. The fourth-order valence-electron chi connectivity index (χ4n) is 3.34. The highest BCUT2D eigenvalue weighted by Crippen LogP contribution is 2.40. The van der Waals surface area contributed by atoms with Crippen molar-refractivity contribution in [2.75, 3.05) is 4.90 Å². The Labute approximate surface area is 137 Å². The number of halogens is 3. The van der Waals surface area contributed by atoms with Gasteiger partial charge < -0.3 is 16.2 Å². The molecular formula is C15H18F3N5O. The number of anilines is 1. The average Bonchev–Trinajstić information content (AvgIpc) is 2.45. The molecule has 1 aliphatic heterocycles. The highest BCUT2D eigenvalue weighted by Gasteiger charge is 2.42. The van der Waals surface area contributed by atoms with E-state index in [1.165, 1.54) is 12.1 Å². The van der Waals surface area contributed by atoms with E-state index in [2.05, 4.69) is 14.7 Å². The van der Waals surface area contributed by atoms with E-state index in [4.69, 9.17) is 11.5 Å². The van der Waals surface area contributed by atoms with E-state index in [0.717, 1.165) is 25.3 Å². The van der Waals surface area contributed by atoms with Crippen LogP contribution in [0.5, 0.6) is 5.75 Å². The lowest BCUT2D eigenvalue weighted by Gasteiger charge is -2.45. The third kappa shape index (κ3) is 3.10. The number of benzene rings is 1. The maximum atomic E-state index is 13.9. The standard InChI is InChI=1S/C15H18F3N5O/c16-9-6-10(8-11(7-9)24-12(17)18)23-14(20)21-13(19)22-15(23)4-2-1-3-5-15/h6-8,12H,1-5H2,(H4,19,20,21,22). The zero-order valence-corrected chi connectivity index (χ0v) is 12.9. The second-order valence-electron chi connectivity index (χ2n) is 5.84. The fourth-order valence-corrected chi connectivity index (χ4v) is 3.34. The number of hydrogen-bond acceptors (Lipinski definition) is 6. The molecular weight excluding hydrogens is 323 g/mol. The molecule has 24 heavy (non-hydrogen) atoms. The van der Waals surface area contributed by atoms with E-state index in [9.17, 15) is 13.2 Å². The zero-order chi connectivity index (χ0) is 17.3. The average molecular weight is 341 g/mol. The normalized spacial score (nSPS) is 20.1. The van der Waals surface area contributed by atoms with Gasteiger partial charge in [-0.3, -0.25) is 4.90 Å². The molecule has 1 fully saturated rings. The summed E-state index contributed by atoms with van der Waals surface area (Å²) in [5.74, 6) is -0.894. The van der Waals surface area contributed by atoms with Crippen molar-refractivity contribution in [3.63, 3.8) is 0 Å². The monoisotopic (exact) mass is 341 g/mol. The quantitative estimate of drug-likeness (QED) is 0.884. The van der Waals surface area contributed by atoms with Crippen LogP contribution in [0.1, 0.15) is 32.1 Å². The molecule has 1 heterocycles. The van der Waals surface area contributed by atoms with E-state index in [-0.39, 0.29) is 23.4 Å². The second kappa shape index (κ2) is 6.21. The number of aliphatic imine (C=N–C) groups is 2. The molecule has 130 valence electrons. The highest BCUT2D eigenvalue weighted by atomic mass is 19.3. The van der Waals surface area contributed by atoms with Crippen LogP contribution in [0.15, 0.2) is 28.2 Å². The molecule has 1 aromatic rings. The highest BCUT2D eigenvalue weighted by molar-refractivity contribution is 6.05. The van der Waals surface area contributed by atoms with Gasteiger partial charge in [-0.25, -0.2) is 9.38 Å². The minimum absolute atomic E-state index is 0.0537. The van der Waals surface area contributed by atoms with Crippen LogP contribution >= 0.6 is 0 Å². The minimum atomic E-state index is -3.05. The van der Waals surface area contributed by atoms with Crippen molar-refractivity contribution in [1.82, 2.24) is 0 Å². The molecule has 1 saturated carbocycles. The number of hydrogen-bond donors (Lipinski definition) is 2. The summed E-state index contributed by atoms with van der Waals surface area (Å²) >= 11 is 0.